The first-order valence-electron chi connectivity index (χ1n) is 7.53. The summed E-state index contributed by atoms with van der Waals surface area (Å²) < 4.78 is 5.56. The number of amides is 1. The summed E-state index contributed by atoms with van der Waals surface area (Å²) in [7, 11) is 0. The number of hydrogen-bond donors (Lipinski definition) is 1. The molecule has 1 amide bonds. The van der Waals surface area contributed by atoms with Crippen LogP contribution in [0, 0.1) is 17.2 Å². The fourth-order valence-corrected chi connectivity index (χ4v) is 2.05. The maximum absolute atomic E-state index is 11.7. The quantitative estimate of drug-likeness (QED) is 0.704. The van der Waals surface area contributed by atoms with Crippen LogP contribution in [0.15, 0.2) is 24.3 Å². The Morgan fingerprint density at radius 2 is 2.10 bits per heavy atom. The fourth-order valence-electron chi connectivity index (χ4n) is 2.05. The zero-order valence-corrected chi connectivity index (χ0v) is 12.9. The Labute approximate surface area is 127 Å². The van der Waals surface area contributed by atoms with Crippen molar-refractivity contribution in [3.05, 3.63) is 29.8 Å². The summed E-state index contributed by atoms with van der Waals surface area (Å²) in [6.45, 7) is 5.74. The van der Waals surface area contributed by atoms with Gasteiger partial charge in [-0.2, -0.15) is 5.26 Å². The van der Waals surface area contributed by atoms with E-state index in [2.05, 4.69) is 19.2 Å². The maximum Gasteiger partial charge on any atom is 0.224 e. The Morgan fingerprint density at radius 1 is 1.38 bits per heavy atom. The second-order valence-electron chi connectivity index (χ2n) is 5.31. The van der Waals surface area contributed by atoms with Gasteiger partial charge in [0.15, 0.2) is 0 Å². The minimum atomic E-state index is -0.0232. The third kappa shape index (κ3) is 7.48. The molecule has 21 heavy (non-hydrogen) atoms. The van der Waals surface area contributed by atoms with E-state index in [0.29, 0.717) is 24.5 Å². The monoisotopic (exact) mass is 288 g/mol. The molecular formula is C17H24N2O2. The van der Waals surface area contributed by atoms with Crippen LogP contribution in [0.4, 0.5) is 5.69 Å². The van der Waals surface area contributed by atoms with Crippen molar-refractivity contribution in [1.29, 1.82) is 5.26 Å². The number of anilines is 1. The highest BCUT2D eigenvalue weighted by Crippen LogP contribution is 2.10. The highest BCUT2D eigenvalue weighted by atomic mass is 16.5. The van der Waals surface area contributed by atoms with Gasteiger partial charge in [0.25, 0.3) is 0 Å². The molecule has 0 heterocycles. The van der Waals surface area contributed by atoms with Gasteiger partial charge in [0.1, 0.15) is 0 Å². The molecule has 0 bridgehead atoms. The molecule has 0 spiro atoms. The minimum Gasteiger partial charge on any atom is -0.381 e. The molecular weight excluding hydrogens is 264 g/mol. The lowest BCUT2D eigenvalue weighted by Crippen LogP contribution is -2.13. The van der Waals surface area contributed by atoms with Crippen molar-refractivity contribution in [2.75, 3.05) is 18.5 Å². The zero-order chi connectivity index (χ0) is 15.5. The van der Waals surface area contributed by atoms with Gasteiger partial charge in [-0.15, -0.1) is 0 Å². The number of hydrogen-bond acceptors (Lipinski definition) is 3. The molecule has 4 nitrogen and oxygen atoms in total. The van der Waals surface area contributed by atoms with Crippen LogP contribution in [-0.4, -0.2) is 19.1 Å². The number of nitriles is 1. The molecule has 0 aromatic heterocycles. The van der Waals surface area contributed by atoms with E-state index in [9.17, 15) is 4.79 Å². The molecule has 1 rings (SSSR count). The summed E-state index contributed by atoms with van der Waals surface area (Å²) >= 11 is 0. The van der Waals surface area contributed by atoms with E-state index in [0.717, 1.165) is 18.7 Å². The van der Waals surface area contributed by atoms with Crippen LogP contribution in [0.3, 0.4) is 0 Å². The highest BCUT2D eigenvalue weighted by Gasteiger charge is 2.04. The standard InChI is InChI=1S/C17H24N2O2/c1-3-5-14(2)13-21-11-4-6-17(20)19-16-9-7-15(12-18)8-10-16/h7-10,14H,3-6,11,13H2,1-2H3,(H,19,20). The largest absolute Gasteiger partial charge is 0.381 e. The van der Waals surface area contributed by atoms with Gasteiger partial charge in [-0.3, -0.25) is 4.79 Å². The summed E-state index contributed by atoms with van der Waals surface area (Å²) in [5.41, 5.74) is 1.30. The molecule has 4 heteroatoms. The van der Waals surface area contributed by atoms with Gasteiger partial charge in [0.05, 0.1) is 11.6 Å². The van der Waals surface area contributed by atoms with Crippen molar-refractivity contribution in [3.8, 4) is 6.07 Å². The molecule has 0 saturated heterocycles. The van der Waals surface area contributed by atoms with Crippen molar-refractivity contribution in [2.45, 2.75) is 39.5 Å². The average molecular weight is 288 g/mol. The first-order valence-corrected chi connectivity index (χ1v) is 7.53. The molecule has 1 aromatic rings. The van der Waals surface area contributed by atoms with Crippen molar-refractivity contribution in [2.24, 2.45) is 5.92 Å². The second-order valence-corrected chi connectivity index (χ2v) is 5.31. The van der Waals surface area contributed by atoms with Crippen LogP contribution in [-0.2, 0) is 9.53 Å². The first-order chi connectivity index (χ1) is 10.2. The van der Waals surface area contributed by atoms with Crippen LogP contribution >= 0.6 is 0 Å². The van der Waals surface area contributed by atoms with E-state index in [1.807, 2.05) is 6.07 Å². The van der Waals surface area contributed by atoms with Crippen LogP contribution in [0.25, 0.3) is 0 Å². The lowest BCUT2D eigenvalue weighted by molar-refractivity contribution is -0.116. The Kier molecular flexibility index (Phi) is 8.15. The van der Waals surface area contributed by atoms with Crippen LogP contribution < -0.4 is 5.32 Å². The van der Waals surface area contributed by atoms with Crippen LogP contribution in [0.5, 0.6) is 0 Å². The second kappa shape index (κ2) is 9.95. The SMILES string of the molecule is CCCC(C)COCCCC(=O)Nc1ccc(C#N)cc1. The summed E-state index contributed by atoms with van der Waals surface area (Å²) in [6.07, 6.45) is 3.53. The molecule has 0 aliphatic heterocycles. The molecule has 1 aromatic carbocycles. The number of carbonyl (C=O) groups excluding carboxylic acids is 1. The van der Waals surface area contributed by atoms with Crippen molar-refractivity contribution in [3.63, 3.8) is 0 Å². The molecule has 1 atom stereocenters. The van der Waals surface area contributed by atoms with Gasteiger partial charge in [0, 0.05) is 25.3 Å². The third-order valence-corrected chi connectivity index (χ3v) is 3.17. The molecule has 1 N–H and O–H groups in total. The van der Waals surface area contributed by atoms with Gasteiger partial charge in [0.2, 0.25) is 5.91 Å². The number of ether oxygens (including phenoxy) is 1. The summed E-state index contributed by atoms with van der Waals surface area (Å²) in [5.74, 6) is 0.562. The highest BCUT2D eigenvalue weighted by molar-refractivity contribution is 5.90. The van der Waals surface area contributed by atoms with Gasteiger partial charge in [-0.1, -0.05) is 20.3 Å². The van der Waals surface area contributed by atoms with Crippen LogP contribution in [0.1, 0.15) is 45.1 Å². The average Bonchev–Trinajstić information content (AvgIpc) is 2.48. The Balaban J connectivity index is 2.15. The number of carbonyl (C=O) groups is 1. The van der Waals surface area contributed by atoms with E-state index in [1.165, 1.54) is 12.8 Å². The summed E-state index contributed by atoms with van der Waals surface area (Å²) in [6, 6.07) is 8.89. The molecule has 0 aliphatic rings. The Bertz CT molecular complexity index is 463. The predicted octanol–water partition coefficient (Wildman–Crippen LogP) is 3.73. The lowest BCUT2D eigenvalue weighted by Gasteiger charge is -2.10. The number of rotatable bonds is 9. The molecule has 0 fully saturated rings. The van der Waals surface area contributed by atoms with Gasteiger partial charge >= 0.3 is 0 Å². The Hall–Kier alpha value is -1.86. The van der Waals surface area contributed by atoms with Crippen molar-refractivity contribution in [1.82, 2.24) is 0 Å². The lowest BCUT2D eigenvalue weighted by atomic mass is 10.1. The van der Waals surface area contributed by atoms with E-state index in [1.54, 1.807) is 24.3 Å². The summed E-state index contributed by atoms with van der Waals surface area (Å²) in [4.78, 5) is 11.7. The number of nitrogens with zero attached hydrogens (tertiary/aromatic N) is 1. The Morgan fingerprint density at radius 3 is 2.71 bits per heavy atom. The zero-order valence-electron chi connectivity index (χ0n) is 12.9. The first kappa shape index (κ1) is 17.2. The topological polar surface area (TPSA) is 62.1 Å². The van der Waals surface area contributed by atoms with Crippen molar-refractivity contribution >= 4 is 11.6 Å². The van der Waals surface area contributed by atoms with Crippen LogP contribution in [0.2, 0.25) is 0 Å². The maximum atomic E-state index is 11.7. The van der Waals surface area contributed by atoms with E-state index >= 15 is 0 Å². The molecule has 0 radical (unpaired) electrons. The minimum absolute atomic E-state index is 0.0232. The van der Waals surface area contributed by atoms with Crippen molar-refractivity contribution < 1.29 is 9.53 Å². The number of benzene rings is 1. The van der Waals surface area contributed by atoms with Gasteiger partial charge in [-0.25, -0.2) is 0 Å². The fraction of sp³-hybridized carbons (Fsp3) is 0.529. The smallest absolute Gasteiger partial charge is 0.224 e. The molecule has 114 valence electrons. The normalized spacial score (nSPS) is 11.7. The van der Waals surface area contributed by atoms with Gasteiger partial charge < -0.3 is 10.1 Å². The molecule has 1 unspecified atom stereocenters. The number of nitrogens with one attached hydrogen (secondary N) is 1. The summed E-state index contributed by atoms with van der Waals surface area (Å²) in [5, 5.41) is 11.5. The third-order valence-electron chi connectivity index (χ3n) is 3.17. The molecule has 0 saturated carbocycles. The van der Waals surface area contributed by atoms with Gasteiger partial charge in [-0.05, 0) is 43.0 Å². The van der Waals surface area contributed by atoms with E-state index < -0.39 is 0 Å². The van der Waals surface area contributed by atoms with E-state index in [4.69, 9.17) is 10.00 Å². The molecule has 0 aliphatic carbocycles. The predicted molar refractivity (Wildman–Crippen MR) is 83.9 cm³/mol. The van der Waals surface area contributed by atoms with E-state index in [-0.39, 0.29) is 5.91 Å².